The third kappa shape index (κ3) is 2.81. The maximum Gasteiger partial charge on any atom is 0.293 e. The predicted molar refractivity (Wildman–Crippen MR) is 53.0 cm³/mol. The van der Waals surface area contributed by atoms with Gasteiger partial charge in [0, 0.05) is 12.6 Å². The molecule has 0 aliphatic rings. The molecule has 1 aromatic rings. The summed E-state index contributed by atoms with van der Waals surface area (Å²) in [4.78, 5) is 13.2. The minimum atomic E-state index is -0.279. The number of nitriles is 1. The fraction of sp³-hybridized carbons (Fsp3) is 0.500. The van der Waals surface area contributed by atoms with Crippen LogP contribution in [-0.4, -0.2) is 29.1 Å². The summed E-state index contributed by atoms with van der Waals surface area (Å²) >= 11 is 0. The fourth-order valence-corrected chi connectivity index (χ4v) is 1.23. The molecule has 1 amide bonds. The third-order valence-electron chi connectivity index (χ3n) is 1.88. The van der Waals surface area contributed by atoms with Crippen molar-refractivity contribution in [3.05, 3.63) is 17.5 Å². The number of nitrogens with zero attached hydrogens (tertiary/aromatic N) is 3. The summed E-state index contributed by atoms with van der Waals surface area (Å²) in [7, 11) is 0. The van der Waals surface area contributed by atoms with E-state index in [0.717, 1.165) is 6.42 Å². The van der Waals surface area contributed by atoms with Crippen molar-refractivity contribution < 1.29 is 9.32 Å². The van der Waals surface area contributed by atoms with E-state index in [4.69, 9.17) is 9.78 Å². The van der Waals surface area contributed by atoms with E-state index in [2.05, 4.69) is 5.16 Å². The molecule has 0 aliphatic heterocycles. The average molecular weight is 207 g/mol. The van der Waals surface area contributed by atoms with Gasteiger partial charge in [0.15, 0.2) is 0 Å². The molecule has 1 rings (SSSR count). The Morgan fingerprint density at radius 3 is 2.93 bits per heavy atom. The first kappa shape index (κ1) is 11.2. The van der Waals surface area contributed by atoms with Crippen molar-refractivity contribution in [3.8, 4) is 6.07 Å². The van der Waals surface area contributed by atoms with Crippen molar-refractivity contribution in [2.24, 2.45) is 0 Å². The highest BCUT2D eigenvalue weighted by Gasteiger charge is 2.18. The summed E-state index contributed by atoms with van der Waals surface area (Å²) in [6, 6.07) is 3.52. The lowest BCUT2D eigenvalue weighted by Gasteiger charge is -2.16. The van der Waals surface area contributed by atoms with Gasteiger partial charge in [-0.05, 0) is 13.3 Å². The third-order valence-corrected chi connectivity index (χ3v) is 1.88. The van der Waals surface area contributed by atoms with Crippen LogP contribution in [0.3, 0.4) is 0 Å². The van der Waals surface area contributed by atoms with E-state index in [1.54, 1.807) is 13.0 Å². The molecule has 1 heterocycles. The lowest BCUT2D eigenvalue weighted by molar-refractivity contribution is 0.0734. The molecular weight excluding hydrogens is 194 g/mol. The smallest absolute Gasteiger partial charge is 0.293 e. The van der Waals surface area contributed by atoms with Crippen LogP contribution in [0.25, 0.3) is 0 Å². The first-order valence-corrected chi connectivity index (χ1v) is 4.78. The van der Waals surface area contributed by atoms with E-state index in [1.807, 2.05) is 13.0 Å². The van der Waals surface area contributed by atoms with E-state index >= 15 is 0 Å². The summed E-state index contributed by atoms with van der Waals surface area (Å²) in [6.45, 7) is 4.32. The molecular formula is C10H13N3O2. The zero-order valence-corrected chi connectivity index (χ0v) is 8.86. The second kappa shape index (κ2) is 5.15. The molecule has 0 aromatic carbocycles. The Labute approximate surface area is 88.3 Å². The van der Waals surface area contributed by atoms with E-state index in [9.17, 15) is 4.79 Å². The van der Waals surface area contributed by atoms with Crippen LogP contribution in [-0.2, 0) is 0 Å². The summed E-state index contributed by atoms with van der Waals surface area (Å²) in [5, 5.41) is 12.2. The van der Waals surface area contributed by atoms with Gasteiger partial charge in [-0.15, -0.1) is 0 Å². The quantitative estimate of drug-likeness (QED) is 0.699. The van der Waals surface area contributed by atoms with E-state index in [0.29, 0.717) is 12.2 Å². The van der Waals surface area contributed by atoms with Gasteiger partial charge in [0.25, 0.3) is 5.91 Å². The maximum absolute atomic E-state index is 11.8. The number of carbonyl (C=O) groups is 1. The molecule has 0 spiro atoms. The number of hydrogen-bond donors (Lipinski definition) is 0. The number of carbonyl (C=O) groups excluding carboxylic acids is 1. The number of aryl methyl sites for hydroxylation is 1. The van der Waals surface area contributed by atoms with Gasteiger partial charge in [-0.2, -0.15) is 5.26 Å². The molecule has 0 bridgehead atoms. The van der Waals surface area contributed by atoms with Crippen molar-refractivity contribution in [1.82, 2.24) is 10.1 Å². The Balaban J connectivity index is 2.76. The van der Waals surface area contributed by atoms with Gasteiger partial charge in [-0.25, -0.2) is 0 Å². The van der Waals surface area contributed by atoms with Crippen molar-refractivity contribution in [2.75, 3.05) is 13.1 Å². The number of amides is 1. The highest BCUT2D eigenvalue weighted by molar-refractivity contribution is 5.91. The van der Waals surface area contributed by atoms with Crippen LogP contribution in [0.4, 0.5) is 0 Å². The van der Waals surface area contributed by atoms with Gasteiger partial charge in [0.2, 0.25) is 5.76 Å². The topological polar surface area (TPSA) is 70.1 Å². The largest absolute Gasteiger partial charge is 0.351 e. The molecule has 0 saturated carbocycles. The highest BCUT2D eigenvalue weighted by atomic mass is 16.5. The summed E-state index contributed by atoms with van der Waals surface area (Å²) in [5.74, 6) is -0.0878. The Morgan fingerprint density at radius 2 is 2.47 bits per heavy atom. The van der Waals surface area contributed by atoms with Crippen LogP contribution in [0.5, 0.6) is 0 Å². The molecule has 15 heavy (non-hydrogen) atoms. The van der Waals surface area contributed by atoms with Crippen LogP contribution in [0.2, 0.25) is 0 Å². The van der Waals surface area contributed by atoms with Gasteiger partial charge in [0.05, 0.1) is 11.8 Å². The van der Waals surface area contributed by atoms with Crippen LogP contribution < -0.4 is 0 Å². The normalized spacial score (nSPS) is 9.67. The average Bonchev–Trinajstić information content (AvgIpc) is 2.63. The summed E-state index contributed by atoms with van der Waals surface area (Å²) in [6.07, 6.45) is 0.806. The zero-order valence-electron chi connectivity index (χ0n) is 8.86. The van der Waals surface area contributed by atoms with Gasteiger partial charge in [-0.3, -0.25) is 4.79 Å². The Kier molecular flexibility index (Phi) is 3.86. The van der Waals surface area contributed by atoms with Gasteiger partial charge >= 0.3 is 0 Å². The van der Waals surface area contributed by atoms with Crippen LogP contribution >= 0.6 is 0 Å². The van der Waals surface area contributed by atoms with Gasteiger partial charge in [0.1, 0.15) is 6.54 Å². The van der Waals surface area contributed by atoms with Gasteiger partial charge in [-0.1, -0.05) is 12.1 Å². The van der Waals surface area contributed by atoms with Crippen molar-refractivity contribution in [2.45, 2.75) is 20.3 Å². The van der Waals surface area contributed by atoms with E-state index in [1.165, 1.54) is 4.90 Å². The number of rotatable bonds is 4. The molecule has 0 saturated heterocycles. The Hall–Kier alpha value is -1.83. The second-order valence-corrected chi connectivity index (χ2v) is 3.22. The fourth-order valence-electron chi connectivity index (χ4n) is 1.23. The van der Waals surface area contributed by atoms with Crippen molar-refractivity contribution >= 4 is 5.91 Å². The van der Waals surface area contributed by atoms with E-state index < -0.39 is 0 Å². The molecule has 5 heteroatoms. The molecule has 0 fully saturated rings. The minimum Gasteiger partial charge on any atom is -0.351 e. The molecule has 1 aromatic heterocycles. The zero-order chi connectivity index (χ0) is 11.3. The molecule has 0 N–H and O–H groups in total. The number of aromatic nitrogens is 1. The van der Waals surface area contributed by atoms with Crippen LogP contribution in [0.15, 0.2) is 10.6 Å². The summed E-state index contributed by atoms with van der Waals surface area (Å²) in [5.41, 5.74) is 0.659. The molecule has 0 aliphatic carbocycles. The molecule has 5 nitrogen and oxygen atoms in total. The second-order valence-electron chi connectivity index (χ2n) is 3.22. The Bertz CT molecular complexity index is 378. The number of hydrogen-bond acceptors (Lipinski definition) is 4. The maximum atomic E-state index is 11.8. The van der Waals surface area contributed by atoms with Crippen LogP contribution in [0, 0.1) is 18.3 Å². The SMILES string of the molecule is CCCN(CC#N)C(=O)c1cc(C)no1. The lowest BCUT2D eigenvalue weighted by atomic mass is 10.3. The highest BCUT2D eigenvalue weighted by Crippen LogP contribution is 2.07. The monoisotopic (exact) mass is 207 g/mol. The predicted octanol–water partition coefficient (Wildman–Crippen LogP) is 1.36. The van der Waals surface area contributed by atoms with Crippen molar-refractivity contribution in [1.29, 1.82) is 5.26 Å². The van der Waals surface area contributed by atoms with Gasteiger partial charge < -0.3 is 9.42 Å². The van der Waals surface area contributed by atoms with Crippen LogP contribution in [0.1, 0.15) is 29.6 Å². The minimum absolute atomic E-state index is 0.0758. The summed E-state index contributed by atoms with van der Waals surface area (Å²) < 4.78 is 4.85. The molecule has 0 atom stereocenters. The first-order valence-electron chi connectivity index (χ1n) is 4.78. The lowest BCUT2D eigenvalue weighted by Crippen LogP contribution is -2.31. The first-order chi connectivity index (χ1) is 7.19. The standard InChI is InChI=1S/C10H13N3O2/c1-3-5-13(6-4-11)10(14)9-7-8(2)12-15-9/h7H,3,5-6H2,1-2H3. The Morgan fingerprint density at radius 1 is 1.73 bits per heavy atom. The molecule has 0 unspecified atom stereocenters. The molecule has 0 radical (unpaired) electrons. The van der Waals surface area contributed by atoms with Crippen molar-refractivity contribution in [3.63, 3.8) is 0 Å². The van der Waals surface area contributed by atoms with E-state index in [-0.39, 0.29) is 18.2 Å². The molecule has 80 valence electrons.